The largest absolute Gasteiger partial charge is 0.999 e. The summed E-state index contributed by atoms with van der Waals surface area (Å²) >= 11 is 0. The van der Waals surface area contributed by atoms with Crippen LogP contribution >= 0.6 is 0 Å². The van der Waals surface area contributed by atoms with Gasteiger partial charge in [0.15, 0.2) is 0 Å². The summed E-state index contributed by atoms with van der Waals surface area (Å²) in [6, 6.07) is 42.0. The van der Waals surface area contributed by atoms with E-state index in [-0.39, 0.29) is 66.0 Å². The molecule has 0 atom stereocenters. The summed E-state index contributed by atoms with van der Waals surface area (Å²) < 4.78 is 0. The Morgan fingerprint density at radius 2 is 0.667 bits per heavy atom. The molecule has 4 heteroatoms. The Hall–Kier alpha value is -1.51. The van der Waals surface area contributed by atoms with Crippen LogP contribution < -0.4 is 0 Å². The molecule has 0 unspecified atom stereocenters. The number of hydrogen-bond donors (Lipinski definition) is 0. The quantitative estimate of drug-likeness (QED) is 0.103. The van der Waals surface area contributed by atoms with Crippen molar-refractivity contribution in [3.8, 4) is 23.7 Å². The van der Waals surface area contributed by atoms with Crippen LogP contribution in [0.4, 0.5) is 0 Å². The van der Waals surface area contributed by atoms with Crippen molar-refractivity contribution < 1.29 is 66.0 Å². The van der Waals surface area contributed by atoms with Gasteiger partial charge in [0.1, 0.15) is 0 Å². The molecule has 0 spiro atoms. The Labute approximate surface area is 260 Å². The molecule has 36 heavy (non-hydrogen) atoms. The van der Waals surface area contributed by atoms with Crippen LogP contribution in [0, 0.1) is 47.9 Å². The van der Waals surface area contributed by atoms with E-state index in [9.17, 15) is 0 Å². The van der Waals surface area contributed by atoms with E-state index in [0.29, 0.717) is 0 Å². The van der Waals surface area contributed by atoms with Gasteiger partial charge in [0.05, 0.1) is 0 Å². The Balaban J connectivity index is -0.000000183. The average Bonchev–Trinajstić information content (AvgIpc) is 3.68. The maximum atomic E-state index is 3.20. The standard InChI is InChI=1S/C12H16.3C5H5.C5H.4Ni/c1-2-4-6-8-10-12-11-9-7-5-3-1;4*1-2-4-5-3-1;;;;/h1-4,9-12H2;3*1-5H;1H;;;;/q;3*-1;-5;;;;. The molecular formula is C32H32Ni4-8. The van der Waals surface area contributed by atoms with E-state index in [1.54, 1.807) is 6.07 Å². The molecule has 0 radical (unpaired) electrons. The molecule has 0 fully saturated rings. The van der Waals surface area contributed by atoms with Crippen molar-refractivity contribution >= 4 is 0 Å². The summed E-state index contributed by atoms with van der Waals surface area (Å²) in [5.41, 5.74) is 0. The zero-order valence-electron chi connectivity index (χ0n) is 20.2. The minimum absolute atomic E-state index is 0. The topological polar surface area (TPSA) is 0 Å². The minimum atomic E-state index is 0. The van der Waals surface area contributed by atoms with E-state index in [1.807, 2.05) is 91.0 Å². The van der Waals surface area contributed by atoms with Crippen molar-refractivity contribution in [2.24, 2.45) is 0 Å². The molecule has 1 aliphatic rings. The van der Waals surface area contributed by atoms with Crippen LogP contribution in [0.3, 0.4) is 0 Å². The predicted molar refractivity (Wildman–Crippen MR) is 136 cm³/mol. The molecule has 0 saturated heterocycles. The first-order valence-electron chi connectivity index (χ1n) is 11.2. The zero-order chi connectivity index (χ0) is 22.6. The maximum absolute atomic E-state index is 3.20. The van der Waals surface area contributed by atoms with Crippen molar-refractivity contribution in [2.75, 3.05) is 0 Å². The van der Waals surface area contributed by atoms with Crippen molar-refractivity contribution in [3.05, 3.63) is 121 Å². The average molecular weight is 651 g/mol. The molecule has 0 nitrogen and oxygen atoms in total. The molecule has 0 N–H and O–H groups in total. The summed E-state index contributed by atoms with van der Waals surface area (Å²) in [5.74, 6) is 12.8. The second-order valence-electron chi connectivity index (χ2n) is 6.69. The Morgan fingerprint density at radius 1 is 0.417 bits per heavy atom. The predicted octanol–water partition coefficient (Wildman–Crippen LogP) is 7.94. The molecule has 4 aromatic carbocycles. The summed E-state index contributed by atoms with van der Waals surface area (Å²) in [4.78, 5) is 0. The molecule has 0 bridgehead atoms. The summed E-state index contributed by atoms with van der Waals surface area (Å²) in [7, 11) is 0. The normalized spacial score (nSPS) is 10.7. The molecule has 0 aliphatic heterocycles. The van der Waals surface area contributed by atoms with E-state index < -0.39 is 0 Å². The summed E-state index contributed by atoms with van der Waals surface area (Å²) in [6.45, 7) is 0. The fourth-order valence-electron chi connectivity index (χ4n) is 2.35. The van der Waals surface area contributed by atoms with Gasteiger partial charge in [-0.25, -0.2) is 36.4 Å². The maximum Gasteiger partial charge on any atom is 0.00890 e. The smallest absolute Gasteiger partial charge is 0.00890 e. The van der Waals surface area contributed by atoms with Crippen LogP contribution in [-0.4, -0.2) is 0 Å². The van der Waals surface area contributed by atoms with Crippen LogP contribution in [0.25, 0.3) is 0 Å². The number of hydrogen-bond acceptors (Lipinski definition) is 0. The van der Waals surface area contributed by atoms with Gasteiger partial charge in [-0.05, 0) is 25.7 Å². The van der Waals surface area contributed by atoms with Gasteiger partial charge in [0.2, 0.25) is 0 Å². The number of rotatable bonds is 0. The van der Waals surface area contributed by atoms with Gasteiger partial charge in [0.25, 0.3) is 0 Å². The minimum Gasteiger partial charge on any atom is -0.999 e. The van der Waals surface area contributed by atoms with Crippen LogP contribution in [0.2, 0.25) is 0 Å². The van der Waals surface area contributed by atoms with E-state index in [1.165, 1.54) is 25.7 Å². The monoisotopic (exact) mass is 648 g/mol. The summed E-state index contributed by atoms with van der Waals surface area (Å²) in [6.07, 6.45) is 9.18. The third-order valence-electron chi connectivity index (χ3n) is 3.97. The zero-order valence-corrected chi connectivity index (χ0v) is 24.1. The van der Waals surface area contributed by atoms with Gasteiger partial charge in [-0.2, -0.15) is 54.6 Å². The van der Waals surface area contributed by atoms with Crippen LogP contribution in [0.5, 0.6) is 0 Å². The summed E-state index contributed by atoms with van der Waals surface area (Å²) in [5, 5.41) is 0. The Morgan fingerprint density at radius 3 is 0.806 bits per heavy atom. The second-order valence-corrected chi connectivity index (χ2v) is 6.69. The molecule has 5 rings (SSSR count). The first kappa shape index (κ1) is 41.6. The Kier molecular flexibility index (Phi) is 44.0. The molecule has 1 aliphatic carbocycles. The van der Waals surface area contributed by atoms with E-state index >= 15 is 0 Å². The van der Waals surface area contributed by atoms with Crippen LogP contribution in [-0.2, 0) is 66.0 Å². The van der Waals surface area contributed by atoms with Gasteiger partial charge in [-0.15, -0.1) is 23.7 Å². The fraction of sp³-hybridized carbons (Fsp3) is 0.250. The van der Waals surface area contributed by atoms with Crippen LogP contribution in [0.1, 0.15) is 51.4 Å². The third kappa shape index (κ3) is 34.7. The van der Waals surface area contributed by atoms with E-state index in [2.05, 4.69) is 47.9 Å². The third-order valence-corrected chi connectivity index (χ3v) is 3.97. The molecule has 208 valence electrons. The van der Waals surface area contributed by atoms with E-state index in [0.717, 1.165) is 25.7 Å². The van der Waals surface area contributed by atoms with Crippen LogP contribution in [0.15, 0.2) is 97.1 Å². The van der Waals surface area contributed by atoms with Crippen molar-refractivity contribution in [1.29, 1.82) is 0 Å². The van der Waals surface area contributed by atoms with Gasteiger partial charge < -0.3 is 30.3 Å². The molecular weight excluding hydrogens is 619 g/mol. The van der Waals surface area contributed by atoms with Gasteiger partial charge in [-0.1, -0.05) is 0 Å². The van der Waals surface area contributed by atoms with Gasteiger partial charge >= 0.3 is 0 Å². The second kappa shape index (κ2) is 38.0. The fourth-order valence-corrected chi connectivity index (χ4v) is 2.35. The van der Waals surface area contributed by atoms with Gasteiger partial charge in [0, 0.05) is 91.6 Å². The first-order valence-corrected chi connectivity index (χ1v) is 11.2. The van der Waals surface area contributed by atoms with Crippen molar-refractivity contribution in [3.63, 3.8) is 0 Å². The SMILES string of the molecule is C1#CCCCCC#CCCCC1.[Ni].[Ni].[Ni].[Ni].[c-]1[c-][c-][cH-][c-]1.c1cc[cH-]c1.c1cc[cH-]c1.c1cc[cH-]c1. The molecule has 0 saturated carbocycles. The molecule has 4 aromatic rings. The van der Waals surface area contributed by atoms with Crippen molar-refractivity contribution in [2.45, 2.75) is 51.4 Å². The molecule has 0 amide bonds. The van der Waals surface area contributed by atoms with Crippen molar-refractivity contribution in [1.82, 2.24) is 0 Å². The first-order chi connectivity index (χ1) is 16.0. The van der Waals surface area contributed by atoms with E-state index in [4.69, 9.17) is 0 Å². The van der Waals surface area contributed by atoms with Gasteiger partial charge in [-0.3, -0.25) is 0 Å². The Bertz CT molecular complexity index is 663. The molecule has 0 heterocycles. The molecule has 0 aromatic heterocycles.